The highest BCUT2D eigenvalue weighted by Gasteiger charge is 1.99. The van der Waals surface area contributed by atoms with Gasteiger partial charge in [0, 0.05) is 0 Å². The molecule has 10 aromatic heterocycles. The van der Waals surface area contributed by atoms with E-state index in [1.54, 1.807) is 0 Å². The van der Waals surface area contributed by atoms with E-state index in [-0.39, 0.29) is 0 Å². The van der Waals surface area contributed by atoms with Crippen LogP contribution in [0.1, 0.15) is 69.2 Å². The zero-order valence-corrected chi connectivity index (χ0v) is 62.2. The highest BCUT2D eigenvalue weighted by atomic mass is 19.1. The molecule has 0 spiro atoms. The third-order valence-corrected chi connectivity index (χ3v) is 11.9. The Balaban J connectivity index is -0.000000325. The van der Waals surface area contributed by atoms with Gasteiger partial charge in [0.25, 0.3) is 0 Å². The minimum atomic E-state index is -3.17. The van der Waals surface area contributed by atoms with Crippen LogP contribution in [0.3, 0.4) is 0 Å². The van der Waals surface area contributed by atoms with Gasteiger partial charge in [0.2, 0.25) is 63.3 Å². The molecule has 100 heavy (non-hydrogen) atoms. The number of imidazole rings is 10. The first-order valence-electron chi connectivity index (χ1n) is 31.8. The Hall–Kier alpha value is -8.33. The normalized spacial score (nSPS) is 9.15. The van der Waals surface area contributed by atoms with Gasteiger partial charge >= 0.3 is 0 Å². The van der Waals surface area contributed by atoms with Crippen molar-refractivity contribution in [3.05, 3.63) is 187 Å². The van der Waals surface area contributed by atoms with Gasteiger partial charge in [-0.2, -0.15) is 0 Å². The van der Waals surface area contributed by atoms with E-state index in [4.69, 9.17) is 50.2 Å². The van der Waals surface area contributed by atoms with Gasteiger partial charge in [-0.15, -0.1) is 0 Å². The second kappa shape index (κ2) is 64.1. The van der Waals surface area contributed by atoms with Gasteiger partial charge in [-0.05, 0) is 69.2 Å². The predicted molar refractivity (Wildman–Crippen MR) is 347 cm³/mol. The van der Waals surface area contributed by atoms with Crippen molar-refractivity contribution in [1.29, 1.82) is 0 Å². The lowest BCUT2D eigenvalue weighted by Crippen LogP contribution is -2.39. The molecule has 0 N–H and O–H groups in total. The third-order valence-electron chi connectivity index (χ3n) is 11.9. The summed E-state index contributed by atoms with van der Waals surface area (Å²) in [6, 6.07) is 0. The van der Waals surface area contributed by atoms with Crippen LogP contribution in [0.2, 0.25) is 0 Å². The van der Waals surface area contributed by atoms with Gasteiger partial charge in [0.15, 0.2) is 0 Å². The fourth-order valence-corrected chi connectivity index (χ4v) is 6.89. The molecule has 10 aromatic rings. The molecule has 10 heterocycles. The van der Waals surface area contributed by atoms with E-state index in [9.17, 15) is 21.6 Å². The van der Waals surface area contributed by atoms with Crippen molar-refractivity contribution in [1.82, 2.24) is 45.7 Å². The van der Waals surface area contributed by atoms with Crippen molar-refractivity contribution in [2.24, 2.45) is 70.5 Å². The first-order chi connectivity index (χ1) is 46.9. The molecule has 0 fully saturated rings. The molecule has 40 heteroatoms. The average molecular weight is 1420 g/mol. The summed E-state index contributed by atoms with van der Waals surface area (Å²) < 4.78 is 91.0. The molecule has 30 nitrogen and oxygen atoms in total. The number of aromatic nitrogens is 20. The Bertz CT molecular complexity index is 2650. The number of halogens is 5. The maximum absolute atomic E-state index is 9.89. The largest absolute Gasteiger partial charge is 0.867 e. The summed E-state index contributed by atoms with van der Waals surface area (Å²) in [5.41, 5.74) is 0. The number of hydrogen-bond donors (Lipinski definition) is 0. The summed E-state index contributed by atoms with van der Waals surface area (Å²) in [4.78, 5) is 0. The molecule has 0 aliphatic heterocycles. The molecule has 0 aliphatic rings. The maximum Gasteiger partial charge on any atom is 0.243 e. The van der Waals surface area contributed by atoms with Crippen LogP contribution in [-0.4, -0.2) is 82.6 Å². The smallest absolute Gasteiger partial charge is 0.243 e. The minimum Gasteiger partial charge on any atom is -0.867 e. The van der Waals surface area contributed by atoms with Crippen LogP contribution in [-0.2, 0) is 136 Å². The molecule has 0 saturated carbocycles. The summed E-state index contributed by atoms with van der Waals surface area (Å²) in [6.07, 6.45) is 61.4. The Morgan fingerprint density at radius 2 is 0.250 bits per heavy atom. The molecule has 10 rings (SSSR count). The molecular formula is C60H110B5F5N20O10. The second-order valence-corrected chi connectivity index (χ2v) is 20.5. The Morgan fingerprint density at radius 3 is 0.270 bits per heavy atom. The molecule has 0 bridgehead atoms. The molecule has 0 saturated heterocycles. The SMILES string of the molecule is CC[n+]1ccn(C)c1.CC[n+]1ccn(C)c1.CC[n+]1ccn(C)c1.CC[n+]1ccn(C)c1.CC[n+]1ccn(C)c1.CC[n+]1ccn(C)c1.CC[n+]1ccn(C)c1.CC[n+]1ccn(C)c1.CC[n+]1ccn(C)c1.CC[n+]1ccn(C)c1.[O-]B([O-])F.[O-]B([O-])F.[O-]B([O-])F.[O-]B([O-])F.[O-]B([O-])F. The van der Waals surface area contributed by atoms with E-state index >= 15 is 0 Å². The monoisotopic (exact) mass is 1420 g/mol. The highest BCUT2D eigenvalue weighted by Crippen LogP contribution is 1.81. The summed E-state index contributed by atoms with van der Waals surface area (Å²) in [5, 5.41) is 83.1. The summed E-state index contributed by atoms with van der Waals surface area (Å²) in [5.74, 6) is 0. The van der Waals surface area contributed by atoms with Crippen molar-refractivity contribution < 1.29 is 117 Å². The molecular weight excluding hydrogens is 1310 g/mol. The minimum absolute atomic E-state index is 1.06. The van der Waals surface area contributed by atoms with E-state index in [0.717, 1.165) is 65.4 Å². The van der Waals surface area contributed by atoms with Crippen LogP contribution in [0.5, 0.6) is 0 Å². The van der Waals surface area contributed by atoms with E-state index < -0.39 is 37.0 Å². The van der Waals surface area contributed by atoms with Gasteiger partial charge < -0.3 is 71.8 Å². The number of aryl methyl sites for hydroxylation is 20. The summed E-state index contributed by atoms with van der Waals surface area (Å²) >= 11 is 0. The fraction of sp³-hybridized carbons (Fsp3) is 0.500. The van der Waals surface area contributed by atoms with Gasteiger partial charge in [0.1, 0.15) is 161 Å². The molecule has 0 radical (unpaired) electrons. The molecule has 0 aliphatic carbocycles. The lowest BCUT2D eigenvalue weighted by Gasteiger charge is -2.09. The first kappa shape index (κ1) is 100. The van der Waals surface area contributed by atoms with Gasteiger partial charge in [-0.3, -0.25) is 0 Å². The van der Waals surface area contributed by atoms with Crippen LogP contribution in [0.4, 0.5) is 21.6 Å². The Morgan fingerprint density at radius 1 is 0.190 bits per heavy atom. The Labute approximate surface area is 590 Å². The second-order valence-electron chi connectivity index (χ2n) is 20.5. The third kappa shape index (κ3) is 68.2. The van der Waals surface area contributed by atoms with Crippen LogP contribution in [0, 0.1) is 0 Å². The molecule has 560 valence electrons. The lowest BCUT2D eigenvalue weighted by atomic mass is 10.3. The van der Waals surface area contributed by atoms with Crippen LogP contribution < -0.4 is 95.9 Å². The van der Waals surface area contributed by atoms with Crippen molar-refractivity contribution in [2.75, 3.05) is 0 Å². The van der Waals surface area contributed by atoms with Crippen LogP contribution in [0.25, 0.3) is 0 Å². The zero-order valence-electron chi connectivity index (χ0n) is 62.2. The predicted octanol–water partition coefficient (Wildman–Crippen LogP) is -8.37. The quantitative estimate of drug-likeness (QED) is 0.0708. The summed E-state index contributed by atoms with van der Waals surface area (Å²) in [6.45, 7) is 31.8. The van der Waals surface area contributed by atoms with Crippen molar-refractivity contribution in [3.8, 4) is 0 Å². The molecule has 0 aromatic carbocycles. The number of hydrogen-bond acceptors (Lipinski definition) is 10. The maximum atomic E-state index is 9.89. The van der Waals surface area contributed by atoms with Crippen LogP contribution in [0.15, 0.2) is 187 Å². The van der Waals surface area contributed by atoms with E-state index in [0.29, 0.717) is 0 Å². The van der Waals surface area contributed by atoms with Gasteiger partial charge in [0.05, 0.1) is 136 Å². The standard InChI is InChI=1S/10C6H11N2.5BFO2/c10*1-3-8-5-4-7(2)6-8;5*2-1(3)4/h10*4-6H,3H2,1-2H3;;;;;/q10*+1;5*-2. The molecule has 0 unspecified atom stereocenters. The zero-order chi connectivity index (χ0) is 77.7. The van der Waals surface area contributed by atoms with E-state index in [1.165, 1.54) is 0 Å². The Kier molecular flexibility index (Phi) is 64.3. The molecule has 0 amide bonds. The van der Waals surface area contributed by atoms with Crippen molar-refractivity contribution in [3.63, 3.8) is 0 Å². The number of rotatable bonds is 10. The average Bonchev–Trinajstić information content (AvgIpc) is 4.63. The van der Waals surface area contributed by atoms with E-state index in [1.807, 2.05) is 178 Å². The molecule has 0 atom stereocenters. The van der Waals surface area contributed by atoms with E-state index in [2.05, 4.69) is 240 Å². The van der Waals surface area contributed by atoms with Gasteiger partial charge in [-0.25, -0.2) is 91.3 Å². The first-order valence-corrected chi connectivity index (χ1v) is 31.8. The van der Waals surface area contributed by atoms with Crippen LogP contribution >= 0.6 is 0 Å². The van der Waals surface area contributed by atoms with Crippen molar-refractivity contribution in [2.45, 2.75) is 135 Å². The topological polar surface area (TPSA) is 319 Å². The summed E-state index contributed by atoms with van der Waals surface area (Å²) in [7, 11) is 4.37. The van der Waals surface area contributed by atoms with Gasteiger partial charge in [-0.1, -0.05) is 0 Å². The number of nitrogens with zero attached hydrogens (tertiary/aromatic N) is 20. The lowest BCUT2D eigenvalue weighted by molar-refractivity contribution is -0.693. The van der Waals surface area contributed by atoms with Crippen molar-refractivity contribution >= 4 is 37.0 Å². The fourth-order valence-electron chi connectivity index (χ4n) is 6.89. The highest BCUT2D eigenvalue weighted by molar-refractivity contribution is 6.28.